The lowest BCUT2D eigenvalue weighted by atomic mass is 9.82. The van der Waals surface area contributed by atoms with Crippen LogP contribution in [-0.4, -0.2) is 25.5 Å². The zero-order chi connectivity index (χ0) is 13.1. The summed E-state index contributed by atoms with van der Waals surface area (Å²) in [6, 6.07) is 8.64. The number of carbonyl (C=O) groups is 1. The van der Waals surface area contributed by atoms with Gasteiger partial charge >= 0.3 is 0 Å². The molecule has 0 radical (unpaired) electrons. The summed E-state index contributed by atoms with van der Waals surface area (Å²) in [4.78, 5) is 11.9. The molecule has 1 aromatic rings. The van der Waals surface area contributed by atoms with Crippen LogP contribution in [0.25, 0.3) is 0 Å². The molecule has 20 heavy (non-hydrogen) atoms. The molecule has 1 fully saturated rings. The molecule has 1 atom stereocenters. The van der Waals surface area contributed by atoms with Crippen molar-refractivity contribution in [1.82, 2.24) is 10.6 Å². The van der Waals surface area contributed by atoms with Crippen molar-refractivity contribution in [2.75, 3.05) is 19.6 Å². The Balaban J connectivity index is 0.00000147. The summed E-state index contributed by atoms with van der Waals surface area (Å²) in [5.74, 6) is 1.40. The van der Waals surface area contributed by atoms with Crippen molar-refractivity contribution in [3.05, 3.63) is 35.4 Å². The number of halogens is 1. The summed E-state index contributed by atoms with van der Waals surface area (Å²) in [7, 11) is 0. The van der Waals surface area contributed by atoms with Gasteiger partial charge in [-0.1, -0.05) is 24.3 Å². The molecular formula is C16H23ClN2O. The number of nitrogens with one attached hydrogen (secondary N) is 2. The molecule has 1 saturated heterocycles. The lowest BCUT2D eigenvalue weighted by Gasteiger charge is -2.28. The van der Waals surface area contributed by atoms with E-state index in [1.165, 1.54) is 11.1 Å². The maximum Gasteiger partial charge on any atom is 0.220 e. The van der Waals surface area contributed by atoms with Crippen molar-refractivity contribution in [1.29, 1.82) is 0 Å². The van der Waals surface area contributed by atoms with Gasteiger partial charge in [0.1, 0.15) is 0 Å². The van der Waals surface area contributed by atoms with E-state index in [-0.39, 0.29) is 18.3 Å². The molecule has 3 nitrogen and oxygen atoms in total. The number of fused-ring (bicyclic) bond motifs is 1. The van der Waals surface area contributed by atoms with E-state index in [2.05, 4.69) is 34.9 Å². The number of hydrogen-bond acceptors (Lipinski definition) is 2. The van der Waals surface area contributed by atoms with Gasteiger partial charge in [0.2, 0.25) is 5.91 Å². The van der Waals surface area contributed by atoms with E-state index in [9.17, 15) is 4.79 Å². The standard InChI is InChI=1S/C16H22N2O.ClH/c19-16(18-11-13-9-17-10-13)8-12-5-6-14-3-1-2-4-15(14)7-12;/h1-4,12-13,17H,5-11H2,(H,18,19);1H. The quantitative estimate of drug-likeness (QED) is 0.891. The topological polar surface area (TPSA) is 41.1 Å². The van der Waals surface area contributed by atoms with E-state index in [0.29, 0.717) is 18.3 Å². The van der Waals surface area contributed by atoms with E-state index in [1.54, 1.807) is 0 Å². The van der Waals surface area contributed by atoms with Crippen LogP contribution in [0, 0.1) is 11.8 Å². The Bertz CT molecular complexity index is 460. The van der Waals surface area contributed by atoms with Crippen LogP contribution in [0.2, 0.25) is 0 Å². The minimum absolute atomic E-state index is 0. The van der Waals surface area contributed by atoms with Crippen LogP contribution in [0.3, 0.4) is 0 Å². The van der Waals surface area contributed by atoms with Crippen molar-refractivity contribution < 1.29 is 4.79 Å². The second-order valence-corrected chi connectivity index (χ2v) is 5.91. The molecule has 2 aliphatic rings. The molecule has 0 aromatic heterocycles. The third-order valence-corrected chi connectivity index (χ3v) is 4.38. The molecule has 0 spiro atoms. The molecule has 1 heterocycles. The first-order valence-electron chi connectivity index (χ1n) is 7.35. The summed E-state index contributed by atoms with van der Waals surface area (Å²) in [5.41, 5.74) is 2.91. The van der Waals surface area contributed by atoms with Crippen molar-refractivity contribution in [3.8, 4) is 0 Å². The molecule has 1 aromatic carbocycles. The van der Waals surface area contributed by atoms with Gasteiger partial charge in [-0.2, -0.15) is 0 Å². The summed E-state index contributed by atoms with van der Waals surface area (Å²) < 4.78 is 0. The second kappa shape index (κ2) is 7.09. The van der Waals surface area contributed by atoms with Gasteiger partial charge in [0.15, 0.2) is 0 Å². The van der Waals surface area contributed by atoms with E-state index in [0.717, 1.165) is 38.9 Å². The van der Waals surface area contributed by atoms with Crippen molar-refractivity contribution in [2.24, 2.45) is 11.8 Å². The third-order valence-electron chi connectivity index (χ3n) is 4.38. The molecule has 1 aliphatic carbocycles. The van der Waals surface area contributed by atoms with Crippen LogP contribution in [0.5, 0.6) is 0 Å². The Kier molecular flexibility index (Phi) is 5.44. The fraction of sp³-hybridized carbons (Fsp3) is 0.562. The lowest BCUT2D eigenvalue weighted by Crippen LogP contribution is -2.48. The first-order valence-corrected chi connectivity index (χ1v) is 7.35. The number of benzene rings is 1. The molecule has 0 bridgehead atoms. The highest BCUT2D eigenvalue weighted by Gasteiger charge is 2.22. The molecule has 1 unspecified atom stereocenters. The highest BCUT2D eigenvalue weighted by Crippen LogP contribution is 2.27. The average molecular weight is 295 g/mol. The fourth-order valence-electron chi connectivity index (χ4n) is 3.03. The Morgan fingerprint density at radius 1 is 1.20 bits per heavy atom. The predicted octanol–water partition coefficient (Wildman–Crippen LogP) is 1.94. The van der Waals surface area contributed by atoms with Crippen molar-refractivity contribution in [3.63, 3.8) is 0 Å². The van der Waals surface area contributed by atoms with Gasteiger partial charge in [0, 0.05) is 32.0 Å². The van der Waals surface area contributed by atoms with Gasteiger partial charge in [0.25, 0.3) is 0 Å². The number of amides is 1. The van der Waals surface area contributed by atoms with Gasteiger partial charge in [0.05, 0.1) is 0 Å². The molecule has 1 aliphatic heterocycles. The lowest BCUT2D eigenvalue weighted by molar-refractivity contribution is -0.122. The molecule has 4 heteroatoms. The van der Waals surface area contributed by atoms with Crippen LogP contribution in [0.15, 0.2) is 24.3 Å². The van der Waals surface area contributed by atoms with Crippen LogP contribution < -0.4 is 10.6 Å². The van der Waals surface area contributed by atoms with Gasteiger partial charge in [-0.05, 0) is 36.3 Å². The molecule has 110 valence electrons. The van der Waals surface area contributed by atoms with Crippen molar-refractivity contribution >= 4 is 18.3 Å². The fourth-order valence-corrected chi connectivity index (χ4v) is 3.03. The Labute approximate surface area is 126 Å². The average Bonchev–Trinajstić information content (AvgIpc) is 2.37. The smallest absolute Gasteiger partial charge is 0.220 e. The van der Waals surface area contributed by atoms with Crippen LogP contribution >= 0.6 is 12.4 Å². The van der Waals surface area contributed by atoms with Crippen LogP contribution in [0.4, 0.5) is 0 Å². The Morgan fingerprint density at radius 2 is 1.95 bits per heavy atom. The summed E-state index contributed by atoms with van der Waals surface area (Å²) >= 11 is 0. The monoisotopic (exact) mass is 294 g/mol. The van der Waals surface area contributed by atoms with Gasteiger partial charge in [-0.3, -0.25) is 4.79 Å². The van der Waals surface area contributed by atoms with E-state index >= 15 is 0 Å². The van der Waals surface area contributed by atoms with Gasteiger partial charge in [-0.25, -0.2) is 0 Å². The summed E-state index contributed by atoms with van der Waals surface area (Å²) in [5, 5.41) is 6.30. The Morgan fingerprint density at radius 3 is 2.65 bits per heavy atom. The Hall–Kier alpha value is -1.06. The maximum absolute atomic E-state index is 11.9. The van der Waals surface area contributed by atoms with Gasteiger partial charge < -0.3 is 10.6 Å². The first kappa shape index (κ1) is 15.3. The van der Waals surface area contributed by atoms with Crippen LogP contribution in [-0.2, 0) is 17.6 Å². The number of carbonyl (C=O) groups excluding carboxylic acids is 1. The summed E-state index contributed by atoms with van der Waals surface area (Å²) in [6.07, 6.45) is 4.03. The van der Waals surface area contributed by atoms with Crippen LogP contribution in [0.1, 0.15) is 24.0 Å². The minimum atomic E-state index is 0. The third kappa shape index (κ3) is 3.74. The maximum atomic E-state index is 11.9. The van der Waals surface area contributed by atoms with E-state index in [1.807, 2.05) is 0 Å². The normalized spacial score (nSPS) is 21.3. The predicted molar refractivity (Wildman–Crippen MR) is 83.2 cm³/mol. The second-order valence-electron chi connectivity index (χ2n) is 5.91. The number of rotatable bonds is 4. The first-order chi connectivity index (χ1) is 9.31. The molecule has 3 rings (SSSR count). The minimum Gasteiger partial charge on any atom is -0.356 e. The van der Waals surface area contributed by atoms with E-state index in [4.69, 9.17) is 0 Å². The molecule has 1 amide bonds. The zero-order valence-electron chi connectivity index (χ0n) is 11.7. The largest absolute Gasteiger partial charge is 0.356 e. The van der Waals surface area contributed by atoms with Crippen molar-refractivity contribution in [2.45, 2.75) is 25.7 Å². The van der Waals surface area contributed by atoms with E-state index < -0.39 is 0 Å². The highest BCUT2D eigenvalue weighted by atomic mass is 35.5. The van der Waals surface area contributed by atoms with Gasteiger partial charge in [-0.15, -0.1) is 12.4 Å². The number of hydrogen-bond donors (Lipinski definition) is 2. The molecule has 0 saturated carbocycles. The highest BCUT2D eigenvalue weighted by molar-refractivity contribution is 5.85. The summed E-state index contributed by atoms with van der Waals surface area (Å²) in [6.45, 7) is 2.95. The number of aryl methyl sites for hydroxylation is 1. The SMILES string of the molecule is Cl.O=C(CC1CCc2ccccc2C1)NCC1CNC1. The molecule has 2 N–H and O–H groups in total. The zero-order valence-corrected chi connectivity index (χ0v) is 12.5. The molecular weight excluding hydrogens is 272 g/mol.